The molecule has 2 heterocycles. The summed E-state index contributed by atoms with van der Waals surface area (Å²) in [7, 11) is 0. The van der Waals surface area contributed by atoms with Gasteiger partial charge in [0.05, 0.1) is 17.3 Å². The van der Waals surface area contributed by atoms with E-state index >= 15 is 0 Å². The van der Waals surface area contributed by atoms with Gasteiger partial charge < -0.3 is 9.84 Å². The van der Waals surface area contributed by atoms with Crippen molar-refractivity contribution in [3.63, 3.8) is 0 Å². The quantitative estimate of drug-likeness (QED) is 0.761. The van der Waals surface area contributed by atoms with Crippen LogP contribution in [-0.2, 0) is 4.74 Å². The van der Waals surface area contributed by atoms with Gasteiger partial charge >= 0.3 is 0 Å². The number of ether oxygens (including phenoxy) is 1. The molecule has 2 fully saturated rings. The van der Waals surface area contributed by atoms with Gasteiger partial charge in [0, 0.05) is 0 Å². The summed E-state index contributed by atoms with van der Waals surface area (Å²) in [6, 6.07) is 0. The maximum absolute atomic E-state index is 10.0. The average Bonchev–Trinajstić information content (AvgIpc) is 2.68. The van der Waals surface area contributed by atoms with E-state index in [1.165, 1.54) is 12.8 Å². The lowest BCUT2D eigenvalue weighted by Gasteiger charge is -2.40. The van der Waals surface area contributed by atoms with Crippen LogP contribution >= 0.6 is 0 Å². The van der Waals surface area contributed by atoms with E-state index in [1.807, 2.05) is 6.92 Å². The Morgan fingerprint density at radius 3 is 2.59 bits per heavy atom. The normalized spacial score (nSPS) is 42.4. The molecule has 98 valence electrons. The van der Waals surface area contributed by atoms with Crippen LogP contribution in [0, 0.1) is 11.3 Å². The van der Waals surface area contributed by atoms with Gasteiger partial charge in [0.1, 0.15) is 0 Å². The maximum atomic E-state index is 10.0. The van der Waals surface area contributed by atoms with Crippen molar-refractivity contribution in [2.24, 2.45) is 11.3 Å². The Hall–Kier alpha value is -0.340. The molecule has 0 amide bonds. The van der Waals surface area contributed by atoms with Crippen molar-refractivity contribution in [1.29, 1.82) is 0 Å². The van der Waals surface area contributed by atoms with E-state index < -0.39 is 5.60 Å². The first-order valence-corrected chi connectivity index (χ1v) is 6.75. The first-order valence-electron chi connectivity index (χ1n) is 6.75. The monoisotopic (exact) mass is 238 g/mol. The van der Waals surface area contributed by atoms with E-state index in [2.05, 4.69) is 27.4 Å². The van der Waals surface area contributed by atoms with E-state index in [0.29, 0.717) is 12.0 Å². The summed E-state index contributed by atoms with van der Waals surface area (Å²) in [5, 5.41) is 10.0. The van der Waals surface area contributed by atoms with E-state index in [0.717, 1.165) is 12.8 Å². The minimum absolute atomic E-state index is 0.0332. The van der Waals surface area contributed by atoms with E-state index in [-0.39, 0.29) is 11.0 Å². The molecule has 2 bridgehead atoms. The molecule has 2 saturated heterocycles. The summed E-state index contributed by atoms with van der Waals surface area (Å²) in [6.07, 6.45) is 6.21. The topological polar surface area (TPSA) is 29.5 Å². The zero-order chi connectivity index (χ0) is 12.9. The fourth-order valence-electron chi connectivity index (χ4n) is 3.87. The van der Waals surface area contributed by atoms with Gasteiger partial charge in [-0.3, -0.25) is 0 Å². The third-order valence-corrected chi connectivity index (χ3v) is 5.16. The molecule has 4 unspecified atom stereocenters. The summed E-state index contributed by atoms with van der Waals surface area (Å²) in [5.41, 5.74) is -0.468. The fourth-order valence-corrected chi connectivity index (χ4v) is 3.87. The summed E-state index contributed by atoms with van der Waals surface area (Å²) in [6.45, 7) is 12.4. The SMILES string of the molecule is C=CC(C)(O)CCC1C2(C)CCC(O2)C1(C)C. The Morgan fingerprint density at radius 1 is 1.47 bits per heavy atom. The van der Waals surface area contributed by atoms with Crippen LogP contribution in [0.2, 0.25) is 0 Å². The van der Waals surface area contributed by atoms with Crippen molar-refractivity contribution in [3.8, 4) is 0 Å². The molecule has 2 aliphatic heterocycles. The predicted molar refractivity (Wildman–Crippen MR) is 69.8 cm³/mol. The molecular weight excluding hydrogens is 212 g/mol. The number of fused-ring (bicyclic) bond motifs is 2. The Morgan fingerprint density at radius 2 is 2.12 bits per heavy atom. The first-order chi connectivity index (χ1) is 7.71. The van der Waals surface area contributed by atoms with Crippen molar-refractivity contribution in [2.45, 2.75) is 70.7 Å². The largest absolute Gasteiger partial charge is 0.386 e. The minimum Gasteiger partial charge on any atom is -0.386 e. The molecule has 2 heteroatoms. The third kappa shape index (κ3) is 2.06. The third-order valence-electron chi connectivity index (χ3n) is 5.16. The second-order valence-electron chi connectivity index (χ2n) is 6.93. The molecule has 0 radical (unpaired) electrons. The van der Waals surface area contributed by atoms with Gasteiger partial charge in [0.25, 0.3) is 0 Å². The van der Waals surface area contributed by atoms with Crippen LogP contribution in [0.25, 0.3) is 0 Å². The lowest BCUT2D eigenvalue weighted by atomic mass is 9.62. The van der Waals surface area contributed by atoms with Gasteiger partial charge in [-0.05, 0) is 50.9 Å². The van der Waals surface area contributed by atoms with E-state index in [1.54, 1.807) is 6.08 Å². The summed E-state index contributed by atoms with van der Waals surface area (Å²) in [5.74, 6) is 0.542. The average molecular weight is 238 g/mol. The molecule has 0 saturated carbocycles. The molecule has 0 aromatic heterocycles. The maximum Gasteiger partial charge on any atom is 0.0797 e. The van der Waals surface area contributed by atoms with Crippen molar-refractivity contribution in [3.05, 3.63) is 12.7 Å². The Bertz CT molecular complexity index is 314. The lowest BCUT2D eigenvalue weighted by Crippen LogP contribution is -2.41. The molecule has 2 aliphatic rings. The van der Waals surface area contributed by atoms with Gasteiger partial charge in [-0.25, -0.2) is 0 Å². The number of hydrogen-bond acceptors (Lipinski definition) is 2. The second-order valence-corrected chi connectivity index (χ2v) is 6.93. The smallest absolute Gasteiger partial charge is 0.0797 e. The molecule has 0 aliphatic carbocycles. The minimum atomic E-state index is -0.742. The highest BCUT2D eigenvalue weighted by Gasteiger charge is 2.60. The van der Waals surface area contributed by atoms with Crippen LogP contribution in [-0.4, -0.2) is 22.4 Å². The van der Waals surface area contributed by atoms with E-state index in [9.17, 15) is 5.11 Å². The molecule has 0 spiro atoms. The zero-order valence-electron chi connectivity index (χ0n) is 11.6. The lowest BCUT2D eigenvalue weighted by molar-refractivity contribution is -0.000250. The molecule has 2 nitrogen and oxygen atoms in total. The van der Waals surface area contributed by atoms with E-state index in [4.69, 9.17) is 4.74 Å². The molecule has 0 aromatic rings. The highest BCUT2D eigenvalue weighted by atomic mass is 16.5. The van der Waals surface area contributed by atoms with Gasteiger partial charge in [0.2, 0.25) is 0 Å². The van der Waals surface area contributed by atoms with Crippen LogP contribution in [0.3, 0.4) is 0 Å². The van der Waals surface area contributed by atoms with Crippen molar-refractivity contribution in [1.82, 2.24) is 0 Å². The highest BCUT2D eigenvalue weighted by molar-refractivity contribution is 5.09. The number of rotatable bonds is 4. The summed E-state index contributed by atoms with van der Waals surface area (Å²) in [4.78, 5) is 0. The summed E-state index contributed by atoms with van der Waals surface area (Å²) < 4.78 is 6.18. The van der Waals surface area contributed by atoms with Crippen molar-refractivity contribution < 1.29 is 9.84 Å². The Balaban J connectivity index is 2.08. The second kappa shape index (κ2) is 3.83. The van der Waals surface area contributed by atoms with Crippen LogP contribution in [0.1, 0.15) is 53.4 Å². The number of hydrogen-bond donors (Lipinski definition) is 1. The number of aliphatic hydroxyl groups is 1. The molecule has 17 heavy (non-hydrogen) atoms. The Kier molecular flexibility index (Phi) is 2.95. The standard InChI is InChI=1S/C15H26O2/c1-6-14(4,16)9-7-11-13(2,3)12-8-10-15(11,5)17-12/h6,11-12,16H,1,7-10H2,2-5H3. The van der Waals surface area contributed by atoms with Crippen LogP contribution < -0.4 is 0 Å². The molecule has 2 rings (SSSR count). The van der Waals surface area contributed by atoms with Crippen LogP contribution in [0.15, 0.2) is 12.7 Å². The van der Waals surface area contributed by atoms with Crippen LogP contribution in [0.4, 0.5) is 0 Å². The van der Waals surface area contributed by atoms with Crippen molar-refractivity contribution in [2.75, 3.05) is 0 Å². The fraction of sp³-hybridized carbons (Fsp3) is 0.867. The predicted octanol–water partition coefficient (Wildman–Crippen LogP) is 3.30. The van der Waals surface area contributed by atoms with Crippen LogP contribution in [0.5, 0.6) is 0 Å². The van der Waals surface area contributed by atoms with Gasteiger partial charge in [-0.15, -0.1) is 6.58 Å². The zero-order valence-corrected chi connectivity index (χ0v) is 11.6. The first kappa shape index (κ1) is 13.1. The van der Waals surface area contributed by atoms with Crippen molar-refractivity contribution >= 4 is 0 Å². The molecule has 1 N–H and O–H groups in total. The molecular formula is C15H26O2. The molecule has 4 atom stereocenters. The summed E-state index contributed by atoms with van der Waals surface area (Å²) >= 11 is 0. The van der Waals surface area contributed by atoms with Gasteiger partial charge in [0.15, 0.2) is 0 Å². The Labute approximate surface area is 105 Å². The highest BCUT2D eigenvalue weighted by Crippen LogP contribution is 2.59. The van der Waals surface area contributed by atoms with Gasteiger partial charge in [-0.2, -0.15) is 0 Å². The van der Waals surface area contributed by atoms with Gasteiger partial charge in [-0.1, -0.05) is 19.9 Å². The molecule has 0 aromatic carbocycles.